The van der Waals surface area contributed by atoms with Crippen molar-refractivity contribution in [2.75, 3.05) is 25.7 Å². The lowest BCUT2D eigenvalue weighted by Gasteiger charge is -2.12. The van der Waals surface area contributed by atoms with E-state index in [2.05, 4.69) is 9.47 Å². The van der Waals surface area contributed by atoms with Crippen molar-refractivity contribution in [3.63, 3.8) is 0 Å². The standard InChI is InChI=1S/C10H20N2O4S2/c1-15-9(13)5-7(11)17-3-4-18-8(12)6-10(14)16-2/h7-8H,3-6,11-12H2,1-2H3. The fourth-order valence-corrected chi connectivity index (χ4v) is 2.90. The van der Waals surface area contributed by atoms with Gasteiger partial charge in [-0.3, -0.25) is 9.59 Å². The SMILES string of the molecule is COC(=O)CC(N)SCCSC(N)CC(=O)OC. The average molecular weight is 296 g/mol. The second-order valence-corrected chi connectivity index (χ2v) is 6.07. The fourth-order valence-electron chi connectivity index (χ4n) is 1.01. The normalized spacial score (nSPS) is 13.8. The highest BCUT2D eigenvalue weighted by molar-refractivity contribution is 8.03. The van der Waals surface area contributed by atoms with Crippen LogP contribution in [0.1, 0.15) is 12.8 Å². The molecule has 0 spiro atoms. The van der Waals surface area contributed by atoms with Crippen molar-refractivity contribution in [1.82, 2.24) is 0 Å². The zero-order chi connectivity index (χ0) is 14.0. The Morgan fingerprint density at radius 1 is 0.944 bits per heavy atom. The number of methoxy groups -OCH3 is 2. The third-order valence-corrected chi connectivity index (χ3v) is 4.27. The summed E-state index contributed by atoms with van der Waals surface area (Å²) in [7, 11) is 2.67. The number of hydrogen-bond donors (Lipinski definition) is 2. The molecule has 18 heavy (non-hydrogen) atoms. The predicted molar refractivity (Wildman–Crippen MR) is 74.1 cm³/mol. The van der Waals surface area contributed by atoms with Crippen LogP contribution < -0.4 is 11.5 Å². The van der Waals surface area contributed by atoms with Gasteiger partial charge in [0.2, 0.25) is 0 Å². The topological polar surface area (TPSA) is 105 Å². The van der Waals surface area contributed by atoms with Crippen LogP contribution in [0.3, 0.4) is 0 Å². The van der Waals surface area contributed by atoms with Crippen molar-refractivity contribution in [3.05, 3.63) is 0 Å². The Hall–Kier alpha value is -0.440. The summed E-state index contributed by atoms with van der Waals surface area (Å²) in [4.78, 5) is 21.9. The monoisotopic (exact) mass is 296 g/mol. The molecule has 4 N–H and O–H groups in total. The van der Waals surface area contributed by atoms with Crippen molar-refractivity contribution in [1.29, 1.82) is 0 Å². The molecule has 0 saturated carbocycles. The second kappa shape index (κ2) is 10.5. The van der Waals surface area contributed by atoms with Gasteiger partial charge < -0.3 is 20.9 Å². The summed E-state index contributed by atoms with van der Waals surface area (Å²) in [5, 5.41) is -0.537. The molecule has 0 aliphatic rings. The van der Waals surface area contributed by atoms with Gasteiger partial charge in [0.05, 0.1) is 37.8 Å². The predicted octanol–water partition coefficient (Wildman–Crippen LogP) is 0.149. The van der Waals surface area contributed by atoms with E-state index in [0.717, 1.165) is 11.5 Å². The van der Waals surface area contributed by atoms with Gasteiger partial charge in [-0.1, -0.05) is 0 Å². The van der Waals surface area contributed by atoms with Crippen LogP contribution in [-0.4, -0.2) is 48.4 Å². The smallest absolute Gasteiger partial charge is 0.307 e. The molecule has 2 atom stereocenters. The zero-order valence-electron chi connectivity index (χ0n) is 10.6. The maximum absolute atomic E-state index is 10.9. The molecule has 0 bridgehead atoms. The molecule has 0 aliphatic heterocycles. The van der Waals surface area contributed by atoms with E-state index in [0.29, 0.717) is 0 Å². The number of nitrogens with two attached hydrogens (primary N) is 2. The van der Waals surface area contributed by atoms with E-state index in [1.807, 2.05) is 0 Å². The molecule has 0 rings (SSSR count). The van der Waals surface area contributed by atoms with Crippen molar-refractivity contribution in [2.24, 2.45) is 11.5 Å². The molecule has 0 heterocycles. The van der Waals surface area contributed by atoms with Crippen LogP contribution >= 0.6 is 23.5 Å². The van der Waals surface area contributed by atoms with Gasteiger partial charge in [0.15, 0.2) is 0 Å². The molecule has 106 valence electrons. The Kier molecular flexibility index (Phi) is 10.2. The third-order valence-electron chi connectivity index (χ3n) is 1.94. The van der Waals surface area contributed by atoms with Crippen molar-refractivity contribution < 1.29 is 19.1 Å². The van der Waals surface area contributed by atoms with E-state index in [1.54, 1.807) is 0 Å². The molecule has 0 saturated heterocycles. The van der Waals surface area contributed by atoms with Gasteiger partial charge in [-0.25, -0.2) is 0 Å². The Balaban J connectivity index is 3.54. The molecule has 2 unspecified atom stereocenters. The number of carbonyl (C=O) groups is 2. The first-order chi connectivity index (χ1) is 8.49. The fraction of sp³-hybridized carbons (Fsp3) is 0.800. The van der Waals surface area contributed by atoms with Crippen LogP contribution in [0.4, 0.5) is 0 Å². The van der Waals surface area contributed by atoms with E-state index < -0.39 is 0 Å². The third kappa shape index (κ3) is 9.58. The molecular formula is C10H20N2O4S2. The number of rotatable bonds is 9. The number of ether oxygens (including phenoxy) is 2. The molecular weight excluding hydrogens is 276 g/mol. The van der Waals surface area contributed by atoms with Crippen molar-refractivity contribution >= 4 is 35.5 Å². The summed E-state index contributed by atoms with van der Waals surface area (Å²) in [5.74, 6) is 0.894. The number of carbonyl (C=O) groups excluding carboxylic acids is 2. The van der Waals surface area contributed by atoms with E-state index >= 15 is 0 Å². The van der Waals surface area contributed by atoms with Crippen LogP contribution in [0.15, 0.2) is 0 Å². The number of hydrogen-bond acceptors (Lipinski definition) is 8. The molecule has 8 heteroatoms. The highest BCUT2D eigenvalue weighted by atomic mass is 32.2. The molecule has 0 aromatic rings. The molecule has 0 amide bonds. The molecule has 6 nitrogen and oxygen atoms in total. The van der Waals surface area contributed by atoms with Crippen LogP contribution in [0.5, 0.6) is 0 Å². The van der Waals surface area contributed by atoms with Crippen LogP contribution in [0, 0.1) is 0 Å². The van der Waals surface area contributed by atoms with E-state index in [4.69, 9.17) is 11.5 Å². The minimum Gasteiger partial charge on any atom is -0.469 e. The number of esters is 2. The summed E-state index contributed by atoms with van der Waals surface area (Å²) < 4.78 is 9.03. The van der Waals surface area contributed by atoms with Gasteiger partial charge in [0.25, 0.3) is 0 Å². The van der Waals surface area contributed by atoms with Gasteiger partial charge in [-0.05, 0) is 0 Å². The van der Waals surface area contributed by atoms with Crippen LogP contribution in [-0.2, 0) is 19.1 Å². The Morgan fingerprint density at radius 2 is 1.28 bits per heavy atom. The maximum atomic E-state index is 10.9. The summed E-state index contributed by atoms with van der Waals surface area (Å²) in [6.07, 6.45) is 0.389. The minimum atomic E-state index is -0.315. The molecule has 0 aromatic heterocycles. The lowest BCUT2D eigenvalue weighted by Crippen LogP contribution is -2.23. The van der Waals surface area contributed by atoms with Crippen molar-refractivity contribution in [2.45, 2.75) is 23.6 Å². The Labute approximate surface area is 115 Å². The maximum Gasteiger partial charge on any atom is 0.307 e. The molecule has 0 radical (unpaired) electrons. The molecule has 0 aliphatic carbocycles. The van der Waals surface area contributed by atoms with E-state index in [9.17, 15) is 9.59 Å². The average Bonchev–Trinajstić information content (AvgIpc) is 2.34. The van der Waals surface area contributed by atoms with Gasteiger partial charge in [-0.2, -0.15) is 0 Å². The molecule has 0 fully saturated rings. The lowest BCUT2D eigenvalue weighted by molar-refractivity contribution is -0.141. The molecule has 0 aromatic carbocycles. The summed E-state index contributed by atoms with van der Waals surface area (Å²) >= 11 is 2.94. The van der Waals surface area contributed by atoms with E-state index in [-0.39, 0.29) is 35.5 Å². The summed E-state index contributed by atoms with van der Waals surface area (Å²) in [5.41, 5.74) is 11.4. The van der Waals surface area contributed by atoms with Crippen molar-refractivity contribution in [3.8, 4) is 0 Å². The van der Waals surface area contributed by atoms with E-state index in [1.165, 1.54) is 37.7 Å². The summed E-state index contributed by atoms with van der Waals surface area (Å²) in [6, 6.07) is 0. The first-order valence-corrected chi connectivity index (χ1v) is 7.47. The van der Waals surface area contributed by atoms with Gasteiger partial charge in [0, 0.05) is 11.5 Å². The Bertz CT molecular complexity index is 240. The van der Waals surface area contributed by atoms with Crippen LogP contribution in [0.2, 0.25) is 0 Å². The van der Waals surface area contributed by atoms with Gasteiger partial charge in [0.1, 0.15) is 0 Å². The first-order valence-electron chi connectivity index (χ1n) is 5.37. The lowest BCUT2D eigenvalue weighted by atomic mass is 10.4. The minimum absolute atomic E-state index is 0.194. The highest BCUT2D eigenvalue weighted by Crippen LogP contribution is 2.16. The Morgan fingerprint density at radius 3 is 1.56 bits per heavy atom. The van der Waals surface area contributed by atoms with Gasteiger partial charge in [-0.15, -0.1) is 23.5 Å². The number of thioether (sulfide) groups is 2. The second-order valence-electron chi connectivity index (χ2n) is 3.38. The quantitative estimate of drug-likeness (QED) is 0.352. The highest BCUT2D eigenvalue weighted by Gasteiger charge is 2.12. The van der Waals surface area contributed by atoms with Crippen LogP contribution in [0.25, 0.3) is 0 Å². The largest absolute Gasteiger partial charge is 0.469 e. The first kappa shape index (κ1) is 17.6. The van der Waals surface area contributed by atoms with Gasteiger partial charge >= 0.3 is 11.9 Å². The summed E-state index contributed by atoms with van der Waals surface area (Å²) in [6.45, 7) is 0. The zero-order valence-corrected chi connectivity index (χ0v) is 12.2.